The third-order valence-electron chi connectivity index (χ3n) is 6.69. The lowest BCUT2D eigenvalue weighted by Crippen LogP contribution is -2.45. The number of hydrogen-bond acceptors (Lipinski definition) is 7. The number of nitrogens with zero attached hydrogens (tertiary/aromatic N) is 6. The Hall–Kier alpha value is -3.79. The minimum absolute atomic E-state index is 0.263. The second-order valence-corrected chi connectivity index (χ2v) is 9.63. The highest BCUT2D eigenvalue weighted by molar-refractivity contribution is 6.35. The number of fused-ring (bicyclic) bond motifs is 1. The van der Waals surface area contributed by atoms with Gasteiger partial charge in [0.1, 0.15) is 11.5 Å². The molecule has 2 aromatic heterocycles. The van der Waals surface area contributed by atoms with Crippen LogP contribution in [0.3, 0.4) is 0 Å². The van der Waals surface area contributed by atoms with E-state index >= 15 is 0 Å². The maximum absolute atomic E-state index is 13.4. The second kappa shape index (κ2) is 8.41. The summed E-state index contributed by atoms with van der Waals surface area (Å²) in [6, 6.07) is 14.5. The van der Waals surface area contributed by atoms with E-state index in [0.717, 1.165) is 21.4 Å². The summed E-state index contributed by atoms with van der Waals surface area (Å²) < 4.78 is 2.23. The molecule has 1 atom stereocenters. The number of nitrogen functional groups attached to an aromatic ring is 1. The fraction of sp³-hybridized carbons (Fsp3) is 0.160. The fourth-order valence-electron chi connectivity index (χ4n) is 4.95. The van der Waals surface area contributed by atoms with Crippen molar-refractivity contribution in [2.75, 3.05) is 5.73 Å². The maximum Gasteiger partial charge on any atom is 0.233 e. The van der Waals surface area contributed by atoms with Gasteiger partial charge in [0.2, 0.25) is 5.69 Å². The van der Waals surface area contributed by atoms with Gasteiger partial charge >= 0.3 is 0 Å². The fourth-order valence-corrected chi connectivity index (χ4v) is 5.40. The van der Waals surface area contributed by atoms with Crippen molar-refractivity contribution in [2.24, 2.45) is 4.99 Å². The average molecular weight is 520 g/mol. The zero-order valence-electron chi connectivity index (χ0n) is 18.8. The number of anilines is 1. The normalized spacial score (nSPS) is 19.0. The van der Waals surface area contributed by atoms with Crippen LogP contribution in [0.4, 0.5) is 5.69 Å². The van der Waals surface area contributed by atoms with Crippen molar-refractivity contribution in [3.05, 3.63) is 93.3 Å². The Morgan fingerprint density at radius 2 is 1.89 bits per heavy atom. The van der Waals surface area contributed by atoms with Crippen molar-refractivity contribution in [3.8, 4) is 16.8 Å². The van der Waals surface area contributed by atoms with Crippen molar-refractivity contribution in [3.63, 3.8) is 0 Å². The Balaban J connectivity index is 1.38. The highest BCUT2D eigenvalue weighted by Crippen LogP contribution is 2.44. The number of allylic oxidation sites excluding steroid dienone is 1. The number of rotatable bonds is 4. The largest absolute Gasteiger partial charge is 0.618 e. The first-order valence-corrected chi connectivity index (χ1v) is 11.9. The molecule has 9 nitrogen and oxygen atoms in total. The van der Waals surface area contributed by atoms with Crippen LogP contribution in [0.15, 0.2) is 71.2 Å². The Kier molecular flexibility index (Phi) is 5.29. The first kappa shape index (κ1) is 22.7. The number of aromatic nitrogens is 5. The summed E-state index contributed by atoms with van der Waals surface area (Å²) >= 11 is 12.8. The molecule has 2 aromatic carbocycles. The molecular weight excluding hydrogens is 501 g/mol. The van der Waals surface area contributed by atoms with Gasteiger partial charge in [0, 0.05) is 39.4 Å². The highest BCUT2D eigenvalue weighted by atomic mass is 35.5. The summed E-state index contributed by atoms with van der Waals surface area (Å²) in [5.74, 6) is 0. The van der Waals surface area contributed by atoms with E-state index in [1.54, 1.807) is 30.3 Å². The molecule has 0 saturated heterocycles. The molecule has 0 radical (unpaired) electrons. The van der Waals surface area contributed by atoms with Gasteiger partial charge in [-0.15, -0.1) is 5.10 Å². The molecule has 3 heterocycles. The second-order valence-electron chi connectivity index (χ2n) is 8.83. The quantitative estimate of drug-likeness (QED) is 0.182. The summed E-state index contributed by atoms with van der Waals surface area (Å²) in [5, 5.41) is 37.3. The van der Waals surface area contributed by atoms with E-state index in [1.807, 2.05) is 18.2 Å². The molecule has 0 amide bonds. The van der Waals surface area contributed by atoms with Crippen LogP contribution < -0.4 is 10.5 Å². The Bertz CT molecular complexity index is 1570. The number of halogens is 2. The zero-order chi connectivity index (χ0) is 25.0. The Morgan fingerprint density at radius 3 is 2.64 bits per heavy atom. The molecule has 4 aromatic rings. The lowest BCUT2D eigenvalue weighted by Gasteiger charge is -2.23. The third-order valence-corrected chi connectivity index (χ3v) is 7.23. The number of tetrazole rings is 1. The van der Waals surface area contributed by atoms with Gasteiger partial charge < -0.3 is 16.0 Å². The van der Waals surface area contributed by atoms with Crippen LogP contribution in [0, 0.1) is 5.21 Å². The van der Waals surface area contributed by atoms with Gasteiger partial charge in [0.25, 0.3) is 0 Å². The Labute approximate surface area is 215 Å². The summed E-state index contributed by atoms with van der Waals surface area (Å²) in [6.07, 6.45) is 4.05. The van der Waals surface area contributed by atoms with Crippen LogP contribution in [0.5, 0.6) is 0 Å². The number of aliphatic imine (C=N–C) groups is 1. The van der Waals surface area contributed by atoms with E-state index in [4.69, 9.17) is 28.9 Å². The number of hydrogen-bond donors (Lipinski definition) is 2. The SMILES string of the molecule is Nc1ccc(C2=C(Cl)N=C([C@]3(O)CCc4cc(-c5cc(Cl)ccc5-n5cnnn5)c[n+]([O-])c43)C2)cc1. The van der Waals surface area contributed by atoms with Gasteiger partial charge in [-0.05, 0) is 65.2 Å². The summed E-state index contributed by atoms with van der Waals surface area (Å²) in [6.45, 7) is 0. The van der Waals surface area contributed by atoms with Crippen LogP contribution in [-0.4, -0.2) is 31.0 Å². The summed E-state index contributed by atoms with van der Waals surface area (Å²) in [7, 11) is 0. The topological polar surface area (TPSA) is 129 Å². The van der Waals surface area contributed by atoms with Gasteiger partial charge in [0.05, 0.1) is 11.4 Å². The monoisotopic (exact) mass is 519 g/mol. The van der Waals surface area contributed by atoms with Gasteiger partial charge in [-0.3, -0.25) is 0 Å². The number of pyridine rings is 1. The molecular formula is C25H19Cl2N7O2. The predicted octanol–water partition coefficient (Wildman–Crippen LogP) is 3.78. The molecule has 0 spiro atoms. The molecule has 1 aliphatic carbocycles. The zero-order valence-corrected chi connectivity index (χ0v) is 20.3. The molecule has 0 fully saturated rings. The van der Waals surface area contributed by atoms with Crippen molar-refractivity contribution in [1.82, 2.24) is 20.2 Å². The van der Waals surface area contributed by atoms with Crippen LogP contribution in [0.1, 0.15) is 29.7 Å². The summed E-state index contributed by atoms with van der Waals surface area (Å²) in [5.41, 5.74) is 10.0. The molecule has 0 bridgehead atoms. The predicted molar refractivity (Wildman–Crippen MR) is 136 cm³/mol. The van der Waals surface area contributed by atoms with Gasteiger partial charge in [-0.2, -0.15) is 9.41 Å². The van der Waals surface area contributed by atoms with E-state index in [2.05, 4.69) is 20.5 Å². The molecule has 3 N–H and O–H groups in total. The average Bonchev–Trinajstić information content (AvgIpc) is 3.60. The van der Waals surface area contributed by atoms with Gasteiger partial charge in [-0.25, -0.2) is 4.99 Å². The molecule has 0 saturated carbocycles. The molecule has 180 valence electrons. The van der Waals surface area contributed by atoms with E-state index in [-0.39, 0.29) is 5.69 Å². The number of aryl methyl sites for hydroxylation is 1. The van der Waals surface area contributed by atoms with Crippen LogP contribution in [-0.2, 0) is 12.0 Å². The van der Waals surface area contributed by atoms with Crippen LogP contribution in [0.25, 0.3) is 22.4 Å². The van der Waals surface area contributed by atoms with Crippen LogP contribution >= 0.6 is 23.2 Å². The third kappa shape index (κ3) is 3.63. The lowest BCUT2D eigenvalue weighted by atomic mass is 9.89. The standard InChI is InChI=1S/C25H19Cl2N7O2/c26-17-3-6-21(33-13-29-31-32-33)19(10-17)16-9-15-7-8-25(35,23(15)34(36)12-16)22-11-20(24(27)30-22)14-1-4-18(28)5-2-14/h1-6,9-10,12-13,35H,7-8,11,28H2/t25-/m1/s1. The summed E-state index contributed by atoms with van der Waals surface area (Å²) in [4.78, 5) is 4.49. The lowest BCUT2D eigenvalue weighted by molar-refractivity contribution is -0.619. The number of benzene rings is 2. The van der Waals surface area contributed by atoms with E-state index < -0.39 is 5.60 Å². The molecule has 1 aliphatic heterocycles. The van der Waals surface area contributed by atoms with Crippen molar-refractivity contribution in [2.45, 2.75) is 24.9 Å². The maximum atomic E-state index is 13.4. The molecule has 0 unspecified atom stereocenters. The van der Waals surface area contributed by atoms with E-state index in [1.165, 1.54) is 17.2 Å². The molecule has 36 heavy (non-hydrogen) atoms. The van der Waals surface area contributed by atoms with Crippen molar-refractivity contribution >= 4 is 40.2 Å². The smallest absolute Gasteiger partial charge is 0.233 e. The first-order valence-electron chi connectivity index (χ1n) is 11.2. The van der Waals surface area contributed by atoms with Gasteiger partial charge in [0.15, 0.2) is 11.8 Å². The van der Waals surface area contributed by atoms with Crippen LogP contribution in [0.2, 0.25) is 5.02 Å². The molecule has 6 rings (SSSR count). The van der Waals surface area contributed by atoms with E-state index in [0.29, 0.717) is 57.7 Å². The highest BCUT2D eigenvalue weighted by Gasteiger charge is 2.50. The van der Waals surface area contributed by atoms with E-state index in [9.17, 15) is 10.3 Å². The molecule has 2 aliphatic rings. The Morgan fingerprint density at radius 1 is 1.08 bits per heavy atom. The van der Waals surface area contributed by atoms with Crippen molar-refractivity contribution < 1.29 is 9.84 Å². The minimum Gasteiger partial charge on any atom is -0.618 e. The van der Waals surface area contributed by atoms with Gasteiger partial charge in [-0.1, -0.05) is 35.3 Å². The minimum atomic E-state index is -1.53. The first-order chi connectivity index (χ1) is 17.3. The number of nitrogens with two attached hydrogens (primary N) is 1. The van der Waals surface area contributed by atoms with Crippen molar-refractivity contribution in [1.29, 1.82) is 0 Å². The number of aliphatic hydroxyl groups is 1. The molecule has 11 heteroatoms.